The van der Waals surface area contributed by atoms with Crippen LogP contribution in [0.2, 0.25) is 0 Å². The summed E-state index contributed by atoms with van der Waals surface area (Å²) in [4.78, 5) is 27.9. The Balaban J connectivity index is 1.70. The number of hydrogen-bond donors (Lipinski definition) is 0. The highest BCUT2D eigenvalue weighted by Gasteiger charge is 2.24. The van der Waals surface area contributed by atoms with E-state index in [-0.39, 0.29) is 5.91 Å². The number of rotatable bonds is 3. The lowest BCUT2D eigenvalue weighted by Gasteiger charge is -2.36. The molecule has 0 atom stereocenters. The number of benzene rings is 1. The van der Waals surface area contributed by atoms with Crippen molar-refractivity contribution >= 4 is 17.7 Å². The minimum Gasteiger partial charge on any atom is -0.353 e. The van der Waals surface area contributed by atoms with Crippen molar-refractivity contribution in [3.63, 3.8) is 0 Å². The van der Waals surface area contributed by atoms with Gasteiger partial charge in [0.1, 0.15) is 5.82 Å². The molecule has 1 aromatic heterocycles. The lowest BCUT2D eigenvalue weighted by atomic mass is 10.1. The smallest absolute Gasteiger partial charge is 0.254 e. The number of amides is 1. The summed E-state index contributed by atoms with van der Waals surface area (Å²) in [7, 11) is 3.88. The monoisotopic (exact) mass is 339 g/mol. The molecule has 2 heterocycles. The van der Waals surface area contributed by atoms with Crippen LogP contribution in [0, 0.1) is 13.8 Å². The molecule has 6 nitrogen and oxygen atoms in total. The van der Waals surface area contributed by atoms with Gasteiger partial charge in [-0.15, -0.1) is 0 Å². The van der Waals surface area contributed by atoms with Crippen molar-refractivity contribution in [2.75, 3.05) is 50.1 Å². The van der Waals surface area contributed by atoms with Crippen molar-refractivity contribution in [3.05, 3.63) is 47.2 Å². The second kappa shape index (κ2) is 7.09. The SMILES string of the molecule is Cc1cc(N2CCN(C(=O)c3ccccc3C)CC2)nc(N(C)C)n1. The van der Waals surface area contributed by atoms with Gasteiger partial charge in [-0.3, -0.25) is 4.79 Å². The highest BCUT2D eigenvalue weighted by Crippen LogP contribution is 2.19. The van der Waals surface area contributed by atoms with Crippen molar-refractivity contribution in [1.82, 2.24) is 14.9 Å². The Hall–Kier alpha value is -2.63. The second-order valence-corrected chi connectivity index (χ2v) is 6.66. The standard InChI is InChI=1S/C19H25N5O/c1-14-7-5-6-8-16(14)18(25)24-11-9-23(10-12-24)17-13-15(2)20-19(21-17)22(3)4/h5-8,13H,9-12H2,1-4H3. The Bertz CT molecular complexity index is 766. The third-order valence-electron chi connectivity index (χ3n) is 4.50. The van der Waals surface area contributed by atoms with Gasteiger partial charge >= 0.3 is 0 Å². The Morgan fingerprint density at radius 1 is 1.04 bits per heavy atom. The summed E-state index contributed by atoms with van der Waals surface area (Å²) in [6, 6.07) is 9.77. The van der Waals surface area contributed by atoms with Gasteiger partial charge in [0.2, 0.25) is 5.95 Å². The molecule has 132 valence electrons. The molecular weight excluding hydrogens is 314 g/mol. The van der Waals surface area contributed by atoms with E-state index in [1.807, 2.05) is 68.1 Å². The first-order valence-electron chi connectivity index (χ1n) is 8.58. The van der Waals surface area contributed by atoms with Crippen molar-refractivity contribution in [1.29, 1.82) is 0 Å². The molecule has 6 heteroatoms. The fraction of sp³-hybridized carbons (Fsp3) is 0.421. The van der Waals surface area contributed by atoms with Crippen LogP contribution in [0.1, 0.15) is 21.6 Å². The molecule has 0 radical (unpaired) electrons. The van der Waals surface area contributed by atoms with Gasteiger partial charge in [-0.2, -0.15) is 4.98 Å². The number of carbonyl (C=O) groups is 1. The molecule has 0 spiro atoms. The maximum Gasteiger partial charge on any atom is 0.254 e. The first-order valence-corrected chi connectivity index (χ1v) is 8.58. The number of nitrogens with zero attached hydrogens (tertiary/aromatic N) is 5. The molecule has 1 aromatic carbocycles. The summed E-state index contributed by atoms with van der Waals surface area (Å²) in [5, 5.41) is 0. The van der Waals surface area contributed by atoms with Crippen molar-refractivity contribution in [2.45, 2.75) is 13.8 Å². The topological polar surface area (TPSA) is 52.6 Å². The molecule has 1 fully saturated rings. The van der Waals surface area contributed by atoms with Gasteiger partial charge in [0.25, 0.3) is 5.91 Å². The van der Waals surface area contributed by atoms with Crippen LogP contribution in [0.15, 0.2) is 30.3 Å². The zero-order chi connectivity index (χ0) is 18.0. The lowest BCUT2D eigenvalue weighted by molar-refractivity contribution is 0.0746. The molecule has 0 unspecified atom stereocenters. The number of carbonyl (C=O) groups excluding carboxylic acids is 1. The van der Waals surface area contributed by atoms with Crippen LogP contribution in [0.25, 0.3) is 0 Å². The highest BCUT2D eigenvalue weighted by molar-refractivity contribution is 5.95. The van der Waals surface area contributed by atoms with Crippen LogP contribution in [0.3, 0.4) is 0 Å². The number of aryl methyl sites for hydroxylation is 2. The molecule has 3 rings (SSSR count). The van der Waals surface area contributed by atoms with Crippen LogP contribution >= 0.6 is 0 Å². The number of hydrogen-bond acceptors (Lipinski definition) is 5. The highest BCUT2D eigenvalue weighted by atomic mass is 16.2. The Morgan fingerprint density at radius 2 is 1.72 bits per heavy atom. The number of aromatic nitrogens is 2. The van der Waals surface area contributed by atoms with Gasteiger partial charge in [-0.25, -0.2) is 4.98 Å². The van der Waals surface area contributed by atoms with E-state index in [0.29, 0.717) is 19.0 Å². The van der Waals surface area contributed by atoms with Crippen LogP contribution in [-0.4, -0.2) is 61.0 Å². The maximum atomic E-state index is 12.7. The largest absolute Gasteiger partial charge is 0.353 e. The van der Waals surface area contributed by atoms with Crippen LogP contribution in [0.4, 0.5) is 11.8 Å². The Labute approximate surface area is 149 Å². The zero-order valence-corrected chi connectivity index (χ0v) is 15.4. The molecule has 1 saturated heterocycles. The summed E-state index contributed by atoms with van der Waals surface area (Å²) in [5.74, 6) is 1.76. The zero-order valence-electron chi connectivity index (χ0n) is 15.4. The molecule has 0 N–H and O–H groups in total. The quantitative estimate of drug-likeness (QED) is 0.857. The maximum absolute atomic E-state index is 12.7. The molecule has 1 amide bonds. The average Bonchev–Trinajstić information content (AvgIpc) is 2.61. The molecule has 1 aliphatic rings. The normalized spacial score (nSPS) is 14.6. The summed E-state index contributed by atoms with van der Waals surface area (Å²) in [5.41, 5.74) is 2.77. The van der Waals surface area contributed by atoms with E-state index in [2.05, 4.69) is 14.9 Å². The van der Waals surface area contributed by atoms with Gasteiger partial charge in [0.05, 0.1) is 0 Å². The Morgan fingerprint density at radius 3 is 2.36 bits per heavy atom. The van der Waals surface area contributed by atoms with Crippen LogP contribution in [0.5, 0.6) is 0 Å². The molecular formula is C19H25N5O. The van der Waals surface area contributed by atoms with E-state index in [9.17, 15) is 4.79 Å². The average molecular weight is 339 g/mol. The molecule has 0 saturated carbocycles. The number of piperazine rings is 1. The van der Waals surface area contributed by atoms with E-state index >= 15 is 0 Å². The van der Waals surface area contributed by atoms with Gasteiger partial charge in [0.15, 0.2) is 0 Å². The van der Waals surface area contributed by atoms with E-state index in [1.165, 1.54) is 0 Å². The summed E-state index contributed by atoms with van der Waals surface area (Å²) >= 11 is 0. The third-order valence-corrected chi connectivity index (χ3v) is 4.50. The van der Waals surface area contributed by atoms with Crippen LogP contribution < -0.4 is 9.80 Å². The summed E-state index contributed by atoms with van der Waals surface area (Å²) < 4.78 is 0. The first-order chi connectivity index (χ1) is 12.0. The Kier molecular flexibility index (Phi) is 4.88. The van der Waals surface area contributed by atoms with Crippen molar-refractivity contribution in [2.24, 2.45) is 0 Å². The van der Waals surface area contributed by atoms with Gasteiger partial charge in [-0.05, 0) is 25.5 Å². The fourth-order valence-electron chi connectivity index (χ4n) is 3.02. The van der Waals surface area contributed by atoms with Gasteiger partial charge < -0.3 is 14.7 Å². The molecule has 1 aliphatic heterocycles. The van der Waals surface area contributed by atoms with E-state index in [0.717, 1.165) is 35.7 Å². The van der Waals surface area contributed by atoms with Crippen molar-refractivity contribution in [3.8, 4) is 0 Å². The molecule has 0 bridgehead atoms. The van der Waals surface area contributed by atoms with Crippen LogP contribution in [-0.2, 0) is 0 Å². The van der Waals surface area contributed by atoms with E-state index < -0.39 is 0 Å². The molecule has 2 aromatic rings. The van der Waals surface area contributed by atoms with E-state index in [1.54, 1.807) is 0 Å². The number of anilines is 2. The predicted octanol–water partition coefficient (Wildman–Crippen LogP) is 2.12. The van der Waals surface area contributed by atoms with E-state index in [4.69, 9.17) is 0 Å². The van der Waals surface area contributed by atoms with Gasteiger partial charge in [-0.1, -0.05) is 18.2 Å². The first kappa shape index (κ1) is 17.2. The van der Waals surface area contributed by atoms with Gasteiger partial charge in [0, 0.05) is 57.6 Å². The summed E-state index contributed by atoms with van der Waals surface area (Å²) in [6.45, 7) is 6.93. The lowest BCUT2D eigenvalue weighted by Crippen LogP contribution is -2.49. The minimum atomic E-state index is 0.116. The summed E-state index contributed by atoms with van der Waals surface area (Å²) in [6.07, 6.45) is 0. The fourth-order valence-corrected chi connectivity index (χ4v) is 3.02. The van der Waals surface area contributed by atoms with Crippen molar-refractivity contribution < 1.29 is 4.79 Å². The molecule has 0 aliphatic carbocycles. The predicted molar refractivity (Wildman–Crippen MR) is 100 cm³/mol. The third kappa shape index (κ3) is 3.73. The molecule has 25 heavy (non-hydrogen) atoms. The minimum absolute atomic E-state index is 0.116. The second-order valence-electron chi connectivity index (χ2n) is 6.66.